The van der Waals surface area contributed by atoms with E-state index < -0.39 is 17.3 Å². The predicted octanol–water partition coefficient (Wildman–Crippen LogP) is 4.18. The number of nitrogens with two attached hydrogens (primary N) is 1. The summed E-state index contributed by atoms with van der Waals surface area (Å²) in [4.78, 5) is 30.6. The van der Waals surface area contributed by atoms with Crippen LogP contribution in [0.4, 0.5) is 10.1 Å². The molecule has 7 nitrogen and oxygen atoms in total. The quantitative estimate of drug-likeness (QED) is 0.635. The maximum absolute atomic E-state index is 14.7. The summed E-state index contributed by atoms with van der Waals surface area (Å²) in [5, 5.41) is 3.99. The molecule has 0 fully saturated rings. The normalized spacial score (nSPS) is 18.9. The molecule has 0 radical (unpaired) electrons. The molecule has 2 heterocycles. The fourth-order valence-electron chi connectivity index (χ4n) is 3.68. The van der Waals surface area contributed by atoms with Gasteiger partial charge in [0, 0.05) is 34.3 Å². The summed E-state index contributed by atoms with van der Waals surface area (Å²) in [7, 11) is 1.51. The van der Waals surface area contributed by atoms with Gasteiger partial charge in [0.2, 0.25) is 5.91 Å². The summed E-state index contributed by atoms with van der Waals surface area (Å²) < 4.78 is 20.4. The van der Waals surface area contributed by atoms with Gasteiger partial charge in [-0.1, -0.05) is 11.6 Å². The summed E-state index contributed by atoms with van der Waals surface area (Å²) in [5.74, 6) is -1.19. The zero-order valence-electron chi connectivity index (χ0n) is 17.1. The fourth-order valence-corrected chi connectivity index (χ4v) is 3.85. The van der Waals surface area contributed by atoms with Crippen molar-refractivity contribution in [3.8, 4) is 0 Å². The predicted molar refractivity (Wildman–Crippen MR) is 117 cm³/mol. The van der Waals surface area contributed by atoms with Crippen molar-refractivity contribution in [1.82, 2.24) is 4.90 Å². The maximum Gasteiger partial charge on any atom is 0.291 e. The standard InChI is InChI=1S/C22H20ClFN4O3/c1-11-14-8-12(23)4-7-17(14)31-19(11)20(30)26-13-5-6-16(24)15(9-13)22(2)10-18(29)28(3)21(25)27-22/h4-9H,10H2,1-3H3,(H2,25,27)(H,26,30). The van der Waals surface area contributed by atoms with Crippen molar-refractivity contribution in [1.29, 1.82) is 0 Å². The van der Waals surface area contributed by atoms with E-state index in [2.05, 4.69) is 10.3 Å². The molecule has 1 aromatic heterocycles. The first kappa shape index (κ1) is 20.9. The number of benzene rings is 2. The molecule has 3 aromatic rings. The second-order valence-electron chi connectivity index (χ2n) is 7.72. The van der Waals surface area contributed by atoms with Crippen molar-refractivity contribution in [3.05, 3.63) is 64.1 Å². The van der Waals surface area contributed by atoms with Gasteiger partial charge in [-0.05, 0) is 50.2 Å². The number of guanidine groups is 1. The topological polar surface area (TPSA) is 101 Å². The number of aliphatic imine (C=N–C) groups is 1. The fraction of sp³-hybridized carbons (Fsp3) is 0.227. The minimum atomic E-state index is -1.19. The van der Waals surface area contributed by atoms with E-state index in [0.717, 1.165) is 5.39 Å². The molecule has 2 aromatic carbocycles. The van der Waals surface area contributed by atoms with Crippen LogP contribution in [0.3, 0.4) is 0 Å². The van der Waals surface area contributed by atoms with Gasteiger partial charge in [0.15, 0.2) is 11.7 Å². The Morgan fingerprint density at radius 1 is 1.32 bits per heavy atom. The highest BCUT2D eigenvalue weighted by atomic mass is 35.5. The SMILES string of the molecule is Cc1c(C(=O)Nc2ccc(F)c(C3(C)CC(=O)N(C)C(N)=N3)c2)oc2ccc(Cl)cc12. The summed E-state index contributed by atoms with van der Waals surface area (Å²) in [6.45, 7) is 3.39. The Hall–Kier alpha value is -3.39. The Labute approximate surface area is 182 Å². The molecule has 4 rings (SSSR count). The number of nitrogens with one attached hydrogen (secondary N) is 1. The molecule has 9 heteroatoms. The van der Waals surface area contributed by atoms with Crippen LogP contribution in [0.1, 0.15) is 35.0 Å². The highest BCUT2D eigenvalue weighted by Crippen LogP contribution is 2.36. The number of rotatable bonds is 3. The Morgan fingerprint density at radius 2 is 2.06 bits per heavy atom. The Kier molecular flexibility index (Phi) is 4.97. The third-order valence-electron chi connectivity index (χ3n) is 5.48. The number of fused-ring (bicyclic) bond motifs is 1. The zero-order valence-corrected chi connectivity index (χ0v) is 17.9. The van der Waals surface area contributed by atoms with Crippen molar-refractivity contribution in [2.24, 2.45) is 10.7 Å². The van der Waals surface area contributed by atoms with Crippen LogP contribution in [0.15, 0.2) is 45.8 Å². The van der Waals surface area contributed by atoms with Crippen molar-refractivity contribution in [2.45, 2.75) is 25.8 Å². The van der Waals surface area contributed by atoms with E-state index in [-0.39, 0.29) is 29.6 Å². The summed E-state index contributed by atoms with van der Waals surface area (Å²) in [6, 6.07) is 9.20. The molecule has 0 bridgehead atoms. The maximum atomic E-state index is 14.7. The molecule has 2 amide bonds. The summed E-state index contributed by atoms with van der Waals surface area (Å²) in [6.07, 6.45) is -0.0536. The highest BCUT2D eigenvalue weighted by Gasteiger charge is 2.38. The number of aryl methyl sites for hydroxylation is 1. The van der Waals surface area contributed by atoms with Crippen molar-refractivity contribution >= 4 is 46.0 Å². The lowest BCUT2D eigenvalue weighted by Crippen LogP contribution is -2.47. The number of carbonyl (C=O) groups excluding carboxylic acids is 2. The van der Waals surface area contributed by atoms with Crippen LogP contribution in [-0.2, 0) is 10.3 Å². The first-order valence-electron chi connectivity index (χ1n) is 9.51. The van der Waals surface area contributed by atoms with Crippen LogP contribution in [0.25, 0.3) is 11.0 Å². The molecule has 31 heavy (non-hydrogen) atoms. The lowest BCUT2D eigenvalue weighted by molar-refractivity contribution is -0.128. The van der Waals surface area contributed by atoms with E-state index >= 15 is 0 Å². The molecule has 160 valence electrons. The minimum Gasteiger partial charge on any atom is -0.451 e. The molecule has 0 aliphatic carbocycles. The number of hydrogen-bond donors (Lipinski definition) is 2. The van der Waals surface area contributed by atoms with E-state index in [1.54, 1.807) is 32.0 Å². The summed E-state index contributed by atoms with van der Waals surface area (Å²) >= 11 is 6.03. The van der Waals surface area contributed by atoms with Gasteiger partial charge in [0.25, 0.3) is 5.91 Å². The second kappa shape index (κ2) is 7.39. The van der Waals surface area contributed by atoms with Crippen LogP contribution < -0.4 is 11.1 Å². The first-order valence-corrected chi connectivity index (χ1v) is 9.89. The molecule has 0 spiro atoms. The van der Waals surface area contributed by atoms with Gasteiger partial charge < -0.3 is 15.5 Å². The number of halogens is 2. The number of hydrogen-bond acceptors (Lipinski definition) is 5. The van der Waals surface area contributed by atoms with Crippen LogP contribution in [-0.4, -0.2) is 29.7 Å². The van der Waals surface area contributed by atoms with Crippen molar-refractivity contribution in [2.75, 3.05) is 12.4 Å². The Bertz CT molecular complexity index is 1270. The van der Waals surface area contributed by atoms with Crippen LogP contribution in [0, 0.1) is 12.7 Å². The van der Waals surface area contributed by atoms with Crippen LogP contribution >= 0.6 is 11.6 Å². The van der Waals surface area contributed by atoms with E-state index in [0.29, 0.717) is 21.9 Å². The third-order valence-corrected chi connectivity index (χ3v) is 5.72. The van der Waals surface area contributed by atoms with Crippen molar-refractivity contribution in [3.63, 3.8) is 0 Å². The molecule has 1 aliphatic rings. The summed E-state index contributed by atoms with van der Waals surface area (Å²) in [5.41, 5.74) is 6.31. The molecule has 1 atom stereocenters. The number of carbonyl (C=O) groups is 2. The van der Waals surface area contributed by atoms with E-state index in [1.165, 1.54) is 30.1 Å². The lowest BCUT2D eigenvalue weighted by Gasteiger charge is -2.34. The van der Waals surface area contributed by atoms with E-state index in [4.69, 9.17) is 21.8 Å². The Balaban J connectivity index is 1.67. The lowest BCUT2D eigenvalue weighted by atomic mass is 9.87. The minimum absolute atomic E-state index is 0.00384. The molecule has 0 saturated carbocycles. The molecule has 1 unspecified atom stereocenters. The van der Waals surface area contributed by atoms with Gasteiger partial charge in [0.1, 0.15) is 11.4 Å². The average molecular weight is 443 g/mol. The largest absolute Gasteiger partial charge is 0.451 e. The van der Waals surface area contributed by atoms with Crippen LogP contribution in [0.5, 0.6) is 0 Å². The molecule has 3 N–H and O–H groups in total. The molecule has 1 aliphatic heterocycles. The molecular formula is C22H20ClFN4O3. The second-order valence-corrected chi connectivity index (χ2v) is 8.16. The van der Waals surface area contributed by atoms with Gasteiger partial charge in [-0.2, -0.15) is 0 Å². The smallest absolute Gasteiger partial charge is 0.291 e. The monoisotopic (exact) mass is 442 g/mol. The molecule has 0 saturated heterocycles. The third kappa shape index (κ3) is 3.63. The molecular weight excluding hydrogens is 423 g/mol. The Morgan fingerprint density at radius 3 is 2.77 bits per heavy atom. The first-order chi connectivity index (χ1) is 14.6. The number of amides is 2. The number of furan rings is 1. The average Bonchev–Trinajstić information content (AvgIpc) is 3.03. The highest BCUT2D eigenvalue weighted by molar-refractivity contribution is 6.31. The van der Waals surface area contributed by atoms with Gasteiger partial charge >= 0.3 is 0 Å². The van der Waals surface area contributed by atoms with Crippen molar-refractivity contribution < 1.29 is 18.4 Å². The number of anilines is 1. The van der Waals surface area contributed by atoms with Gasteiger partial charge in [-0.3, -0.25) is 14.5 Å². The number of nitrogens with zero attached hydrogens (tertiary/aromatic N) is 2. The van der Waals surface area contributed by atoms with Gasteiger partial charge in [-0.25, -0.2) is 9.38 Å². The zero-order chi connectivity index (χ0) is 22.5. The van der Waals surface area contributed by atoms with Crippen LogP contribution in [0.2, 0.25) is 5.02 Å². The van der Waals surface area contributed by atoms with Gasteiger partial charge in [-0.15, -0.1) is 0 Å². The van der Waals surface area contributed by atoms with E-state index in [1.807, 2.05) is 0 Å². The van der Waals surface area contributed by atoms with E-state index in [9.17, 15) is 14.0 Å². The van der Waals surface area contributed by atoms with Gasteiger partial charge in [0.05, 0.1) is 12.0 Å².